The van der Waals surface area contributed by atoms with Gasteiger partial charge in [-0.15, -0.1) is 0 Å². The van der Waals surface area contributed by atoms with Crippen LogP contribution < -0.4 is 5.32 Å². The molecule has 0 radical (unpaired) electrons. The molecule has 0 aliphatic heterocycles. The van der Waals surface area contributed by atoms with Crippen LogP contribution in [0.5, 0.6) is 0 Å². The SMILES string of the molecule is CC1CCC(N(C)C(=O)CC(NC(=O)c2ccccc2Cl)c2ccccc2)CC1. The van der Waals surface area contributed by atoms with E-state index < -0.39 is 6.04 Å². The molecule has 0 heterocycles. The summed E-state index contributed by atoms with van der Waals surface area (Å²) in [7, 11) is 1.89. The van der Waals surface area contributed by atoms with Crippen LogP contribution in [0.25, 0.3) is 0 Å². The van der Waals surface area contributed by atoms with Crippen LogP contribution >= 0.6 is 11.6 Å². The summed E-state index contributed by atoms with van der Waals surface area (Å²) in [4.78, 5) is 27.7. The molecule has 154 valence electrons. The smallest absolute Gasteiger partial charge is 0.253 e. The van der Waals surface area contributed by atoms with Crippen molar-refractivity contribution in [1.29, 1.82) is 0 Å². The molecule has 4 nitrogen and oxygen atoms in total. The highest BCUT2D eigenvalue weighted by atomic mass is 35.5. The summed E-state index contributed by atoms with van der Waals surface area (Å²) in [6.45, 7) is 2.27. The Morgan fingerprint density at radius 1 is 1.03 bits per heavy atom. The van der Waals surface area contributed by atoms with Crippen LogP contribution in [0.15, 0.2) is 54.6 Å². The van der Waals surface area contributed by atoms with Crippen molar-refractivity contribution in [3.63, 3.8) is 0 Å². The fraction of sp³-hybridized carbons (Fsp3) is 0.417. The molecule has 3 rings (SSSR count). The molecule has 5 heteroatoms. The third-order valence-corrected chi connectivity index (χ3v) is 6.26. The van der Waals surface area contributed by atoms with Gasteiger partial charge < -0.3 is 10.2 Å². The van der Waals surface area contributed by atoms with Gasteiger partial charge in [-0.2, -0.15) is 0 Å². The second-order valence-corrected chi connectivity index (χ2v) is 8.45. The first-order valence-electron chi connectivity index (χ1n) is 10.3. The monoisotopic (exact) mass is 412 g/mol. The molecule has 0 bridgehead atoms. The number of nitrogens with zero attached hydrogens (tertiary/aromatic N) is 1. The molecule has 1 aliphatic carbocycles. The molecule has 1 atom stereocenters. The Labute approximate surface area is 178 Å². The molecular formula is C24H29ClN2O2. The van der Waals surface area contributed by atoms with Crippen LogP contribution in [0, 0.1) is 5.92 Å². The van der Waals surface area contributed by atoms with Crippen molar-refractivity contribution in [2.24, 2.45) is 5.92 Å². The summed E-state index contributed by atoms with van der Waals surface area (Å²) in [5.74, 6) is 0.519. The molecule has 1 unspecified atom stereocenters. The third kappa shape index (κ3) is 5.60. The molecule has 1 N–H and O–H groups in total. The van der Waals surface area contributed by atoms with Crippen LogP contribution in [0.1, 0.15) is 61.0 Å². The maximum absolute atomic E-state index is 13.0. The third-order valence-electron chi connectivity index (χ3n) is 5.93. The van der Waals surface area contributed by atoms with Crippen LogP contribution in [0.4, 0.5) is 0 Å². The van der Waals surface area contributed by atoms with Crippen LogP contribution in [-0.2, 0) is 4.79 Å². The summed E-state index contributed by atoms with van der Waals surface area (Å²) in [5, 5.41) is 3.41. The van der Waals surface area contributed by atoms with Gasteiger partial charge in [-0.1, -0.05) is 61.0 Å². The first kappa shape index (κ1) is 21.4. The minimum absolute atomic E-state index is 0.0536. The fourth-order valence-electron chi connectivity index (χ4n) is 3.97. The van der Waals surface area contributed by atoms with Gasteiger partial charge in [0.15, 0.2) is 0 Å². The summed E-state index contributed by atoms with van der Waals surface area (Å²) >= 11 is 6.18. The number of carbonyl (C=O) groups excluding carboxylic acids is 2. The number of nitrogens with one attached hydrogen (secondary N) is 1. The maximum Gasteiger partial charge on any atom is 0.253 e. The molecule has 0 saturated heterocycles. The zero-order valence-corrected chi connectivity index (χ0v) is 17.9. The van der Waals surface area contributed by atoms with Crippen LogP contribution in [0.3, 0.4) is 0 Å². The Morgan fingerprint density at radius 2 is 1.66 bits per heavy atom. The molecule has 2 amide bonds. The van der Waals surface area contributed by atoms with Gasteiger partial charge >= 0.3 is 0 Å². The van der Waals surface area contributed by atoms with E-state index in [1.54, 1.807) is 24.3 Å². The van der Waals surface area contributed by atoms with Crippen molar-refractivity contribution in [2.75, 3.05) is 7.05 Å². The predicted molar refractivity (Wildman–Crippen MR) is 117 cm³/mol. The van der Waals surface area contributed by atoms with Crippen molar-refractivity contribution < 1.29 is 9.59 Å². The quantitative estimate of drug-likeness (QED) is 0.705. The predicted octanol–water partition coefficient (Wildman–Crippen LogP) is 5.24. The minimum Gasteiger partial charge on any atom is -0.345 e. The average Bonchev–Trinajstić information content (AvgIpc) is 2.74. The molecule has 0 aromatic heterocycles. The fourth-order valence-corrected chi connectivity index (χ4v) is 4.19. The van der Waals surface area contributed by atoms with Gasteiger partial charge in [-0.05, 0) is 49.3 Å². The van der Waals surface area contributed by atoms with E-state index in [0.29, 0.717) is 10.6 Å². The molecule has 1 aliphatic rings. The normalized spacial score (nSPS) is 20.0. The Morgan fingerprint density at radius 3 is 2.31 bits per heavy atom. The minimum atomic E-state index is -0.405. The summed E-state index contributed by atoms with van der Waals surface area (Å²) in [6.07, 6.45) is 4.64. The van der Waals surface area contributed by atoms with Gasteiger partial charge in [0.2, 0.25) is 5.91 Å². The van der Waals surface area contributed by atoms with Crippen molar-refractivity contribution in [2.45, 2.75) is 51.1 Å². The summed E-state index contributed by atoms with van der Waals surface area (Å²) < 4.78 is 0. The maximum atomic E-state index is 13.0. The molecule has 1 saturated carbocycles. The first-order chi connectivity index (χ1) is 14.0. The van der Waals surface area contributed by atoms with Crippen molar-refractivity contribution in [3.8, 4) is 0 Å². The van der Waals surface area contributed by atoms with Gasteiger partial charge in [0.1, 0.15) is 0 Å². The Kier molecular flexibility index (Phi) is 7.32. The van der Waals surface area contributed by atoms with Gasteiger partial charge in [0, 0.05) is 13.1 Å². The zero-order valence-electron chi connectivity index (χ0n) is 17.1. The molecular weight excluding hydrogens is 384 g/mol. The standard InChI is InChI=1S/C24H29ClN2O2/c1-17-12-14-19(15-13-17)27(2)23(28)16-22(18-8-4-3-5-9-18)26-24(29)20-10-6-7-11-21(20)25/h3-11,17,19,22H,12-16H2,1-2H3,(H,26,29). The summed E-state index contributed by atoms with van der Waals surface area (Å²) in [5.41, 5.74) is 1.32. The second kappa shape index (κ2) is 9.93. The van der Waals surface area contributed by atoms with E-state index in [-0.39, 0.29) is 24.3 Å². The van der Waals surface area contributed by atoms with E-state index in [2.05, 4.69) is 12.2 Å². The number of hydrogen-bond acceptors (Lipinski definition) is 2. The Bertz CT molecular complexity index is 832. The van der Waals surface area contributed by atoms with Crippen molar-refractivity contribution in [1.82, 2.24) is 10.2 Å². The topological polar surface area (TPSA) is 49.4 Å². The number of halogens is 1. The van der Waals surface area contributed by atoms with E-state index in [4.69, 9.17) is 11.6 Å². The van der Waals surface area contributed by atoms with Gasteiger partial charge in [0.25, 0.3) is 5.91 Å². The van der Waals surface area contributed by atoms with Crippen LogP contribution in [-0.4, -0.2) is 29.8 Å². The van der Waals surface area contributed by atoms with Gasteiger partial charge in [0.05, 0.1) is 23.0 Å². The lowest BCUT2D eigenvalue weighted by Gasteiger charge is -2.34. The zero-order chi connectivity index (χ0) is 20.8. The number of rotatable bonds is 6. The van der Waals surface area contributed by atoms with Crippen molar-refractivity contribution in [3.05, 3.63) is 70.7 Å². The van der Waals surface area contributed by atoms with Crippen molar-refractivity contribution >= 4 is 23.4 Å². The highest BCUT2D eigenvalue weighted by molar-refractivity contribution is 6.33. The molecule has 1 fully saturated rings. The molecule has 29 heavy (non-hydrogen) atoms. The van der Waals surface area contributed by atoms with Crippen LogP contribution in [0.2, 0.25) is 5.02 Å². The highest BCUT2D eigenvalue weighted by Gasteiger charge is 2.27. The van der Waals surface area contributed by atoms with E-state index >= 15 is 0 Å². The average molecular weight is 413 g/mol. The lowest BCUT2D eigenvalue weighted by atomic mass is 9.86. The highest BCUT2D eigenvalue weighted by Crippen LogP contribution is 2.28. The molecule has 2 aromatic rings. The van der Waals surface area contributed by atoms with Gasteiger partial charge in [-0.25, -0.2) is 0 Å². The van der Waals surface area contributed by atoms with E-state index in [9.17, 15) is 9.59 Å². The number of carbonyl (C=O) groups is 2. The number of hydrogen-bond donors (Lipinski definition) is 1. The van der Waals surface area contributed by atoms with E-state index in [0.717, 1.165) is 37.2 Å². The largest absolute Gasteiger partial charge is 0.345 e. The second-order valence-electron chi connectivity index (χ2n) is 8.04. The molecule has 0 spiro atoms. The molecule has 2 aromatic carbocycles. The summed E-state index contributed by atoms with van der Waals surface area (Å²) in [6, 6.07) is 16.5. The Hall–Kier alpha value is -2.33. The van der Waals surface area contributed by atoms with E-state index in [1.165, 1.54) is 0 Å². The van der Waals surface area contributed by atoms with Gasteiger partial charge in [-0.3, -0.25) is 9.59 Å². The lowest BCUT2D eigenvalue weighted by molar-refractivity contribution is -0.133. The van der Waals surface area contributed by atoms with E-state index in [1.807, 2.05) is 42.3 Å². The number of amides is 2. The number of benzene rings is 2. The lowest BCUT2D eigenvalue weighted by Crippen LogP contribution is -2.41. The Balaban J connectivity index is 1.73. The first-order valence-corrected chi connectivity index (χ1v) is 10.7.